The van der Waals surface area contributed by atoms with E-state index in [1.54, 1.807) is 0 Å². The predicted octanol–water partition coefficient (Wildman–Crippen LogP) is 4.22. The van der Waals surface area contributed by atoms with Gasteiger partial charge in [0, 0.05) is 25.7 Å². The standard InChI is InChI=1S/C17H25ClN2/c1-2-9-20(12-13-3-4-13)17-8-5-14(10-16(17)18)11-19-15-6-7-15/h5,8,10,13,15,19H,2-4,6-7,9,11-12H2,1H3. The molecule has 0 saturated heterocycles. The number of benzene rings is 1. The van der Waals surface area contributed by atoms with Crippen molar-refractivity contribution in [3.63, 3.8) is 0 Å². The number of nitrogens with zero attached hydrogens (tertiary/aromatic N) is 1. The van der Waals surface area contributed by atoms with E-state index in [0.29, 0.717) is 0 Å². The summed E-state index contributed by atoms with van der Waals surface area (Å²) in [7, 11) is 0. The second-order valence-electron chi connectivity index (χ2n) is 6.33. The molecule has 0 radical (unpaired) electrons. The van der Waals surface area contributed by atoms with Gasteiger partial charge in [-0.2, -0.15) is 0 Å². The first-order chi connectivity index (χ1) is 9.76. The molecule has 20 heavy (non-hydrogen) atoms. The van der Waals surface area contributed by atoms with Crippen LogP contribution in [0.3, 0.4) is 0 Å². The first-order valence-corrected chi connectivity index (χ1v) is 8.41. The van der Waals surface area contributed by atoms with Crippen LogP contribution in [0.25, 0.3) is 0 Å². The summed E-state index contributed by atoms with van der Waals surface area (Å²) in [6.07, 6.45) is 6.62. The molecule has 3 heteroatoms. The largest absolute Gasteiger partial charge is 0.370 e. The van der Waals surface area contributed by atoms with Crippen molar-refractivity contribution in [1.82, 2.24) is 5.32 Å². The highest BCUT2D eigenvalue weighted by Crippen LogP contribution is 2.34. The molecule has 2 saturated carbocycles. The van der Waals surface area contributed by atoms with Crippen LogP contribution in [0, 0.1) is 5.92 Å². The molecule has 0 bridgehead atoms. The molecule has 2 aliphatic carbocycles. The maximum atomic E-state index is 6.53. The fraction of sp³-hybridized carbons (Fsp3) is 0.647. The molecule has 2 aliphatic rings. The normalized spacial score (nSPS) is 18.3. The minimum absolute atomic E-state index is 0.750. The molecular weight excluding hydrogens is 268 g/mol. The lowest BCUT2D eigenvalue weighted by Crippen LogP contribution is -2.26. The van der Waals surface area contributed by atoms with Gasteiger partial charge in [-0.1, -0.05) is 24.6 Å². The van der Waals surface area contributed by atoms with Crippen molar-refractivity contribution in [3.05, 3.63) is 28.8 Å². The Balaban J connectivity index is 1.66. The minimum atomic E-state index is 0.750. The van der Waals surface area contributed by atoms with E-state index < -0.39 is 0 Å². The first-order valence-electron chi connectivity index (χ1n) is 8.03. The van der Waals surface area contributed by atoms with Gasteiger partial charge in [0.15, 0.2) is 0 Å². The molecule has 0 spiro atoms. The molecule has 1 N–H and O–H groups in total. The molecule has 3 rings (SSSR count). The first kappa shape index (κ1) is 14.2. The van der Waals surface area contributed by atoms with Gasteiger partial charge in [0.2, 0.25) is 0 Å². The van der Waals surface area contributed by atoms with Crippen molar-refractivity contribution in [2.45, 2.75) is 51.6 Å². The molecule has 0 aromatic heterocycles. The summed E-state index contributed by atoms with van der Waals surface area (Å²) in [5.74, 6) is 0.897. The summed E-state index contributed by atoms with van der Waals surface area (Å²) < 4.78 is 0. The summed E-state index contributed by atoms with van der Waals surface area (Å²) in [5.41, 5.74) is 2.52. The minimum Gasteiger partial charge on any atom is -0.370 e. The van der Waals surface area contributed by atoms with Crippen LogP contribution in [0.4, 0.5) is 5.69 Å². The summed E-state index contributed by atoms with van der Waals surface area (Å²) in [4.78, 5) is 2.47. The Labute approximate surface area is 127 Å². The van der Waals surface area contributed by atoms with E-state index in [-0.39, 0.29) is 0 Å². The summed E-state index contributed by atoms with van der Waals surface area (Å²) in [6, 6.07) is 7.33. The quantitative estimate of drug-likeness (QED) is 0.772. The van der Waals surface area contributed by atoms with Crippen LogP contribution in [-0.4, -0.2) is 19.1 Å². The molecular formula is C17H25ClN2. The van der Waals surface area contributed by atoms with E-state index in [0.717, 1.165) is 30.1 Å². The van der Waals surface area contributed by atoms with Gasteiger partial charge in [-0.3, -0.25) is 0 Å². The molecule has 110 valence electrons. The summed E-state index contributed by atoms with van der Waals surface area (Å²) in [5, 5.41) is 4.46. The van der Waals surface area contributed by atoms with Crippen LogP contribution in [-0.2, 0) is 6.54 Å². The lowest BCUT2D eigenvalue weighted by Gasteiger charge is -2.25. The second kappa shape index (κ2) is 6.36. The lowest BCUT2D eigenvalue weighted by atomic mass is 10.1. The molecule has 2 fully saturated rings. The summed E-state index contributed by atoms with van der Waals surface area (Å²) in [6.45, 7) is 5.46. The number of hydrogen-bond donors (Lipinski definition) is 1. The summed E-state index contributed by atoms with van der Waals surface area (Å²) >= 11 is 6.53. The fourth-order valence-corrected chi connectivity index (χ4v) is 2.98. The van der Waals surface area contributed by atoms with Crippen LogP contribution >= 0.6 is 11.6 Å². The predicted molar refractivity (Wildman–Crippen MR) is 86.5 cm³/mol. The maximum Gasteiger partial charge on any atom is 0.0642 e. The average molecular weight is 293 g/mol. The average Bonchev–Trinajstić information content (AvgIpc) is 3.31. The third kappa shape index (κ3) is 3.89. The Morgan fingerprint density at radius 3 is 2.65 bits per heavy atom. The highest BCUT2D eigenvalue weighted by atomic mass is 35.5. The van der Waals surface area contributed by atoms with Crippen LogP contribution in [0.5, 0.6) is 0 Å². The Hall–Kier alpha value is -0.730. The zero-order valence-corrected chi connectivity index (χ0v) is 13.1. The van der Waals surface area contributed by atoms with E-state index in [2.05, 4.69) is 35.3 Å². The van der Waals surface area contributed by atoms with E-state index >= 15 is 0 Å². The van der Waals surface area contributed by atoms with Crippen molar-refractivity contribution in [2.75, 3.05) is 18.0 Å². The molecule has 0 atom stereocenters. The molecule has 1 aromatic carbocycles. The SMILES string of the molecule is CCCN(CC1CC1)c1ccc(CNC2CC2)cc1Cl. The Bertz CT molecular complexity index is 452. The Kier molecular flexibility index (Phi) is 4.52. The molecule has 1 aromatic rings. The topological polar surface area (TPSA) is 15.3 Å². The van der Waals surface area contributed by atoms with Gasteiger partial charge < -0.3 is 10.2 Å². The number of nitrogens with one attached hydrogen (secondary N) is 1. The smallest absolute Gasteiger partial charge is 0.0642 e. The zero-order valence-electron chi connectivity index (χ0n) is 12.4. The highest BCUT2D eigenvalue weighted by molar-refractivity contribution is 6.33. The van der Waals surface area contributed by atoms with Crippen LogP contribution < -0.4 is 10.2 Å². The van der Waals surface area contributed by atoms with Crippen LogP contribution in [0.1, 0.15) is 44.6 Å². The molecule has 2 nitrogen and oxygen atoms in total. The van der Waals surface area contributed by atoms with Crippen molar-refractivity contribution < 1.29 is 0 Å². The molecule has 0 heterocycles. The highest BCUT2D eigenvalue weighted by Gasteiger charge is 2.25. The molecule has 0 amide bonds. The van der Waals surface area contributed by atoms with Crippen molar-refractivity contribution in [1.29, 1.82) is 0 Å². The third-order valence-corrected chi connectivity index (χ3v) is 4.50. The van der Waals surface area contributed by atoms with E-state index in [9.17, 15) is 0 Å². The van der Waals surface area contributed by atoms with Gasteiger partial charge in [0.25, 0.3) is 0 Å². The number of halogens is 1. The monoisotopic (exact) mass is 292 g/mol. The van der Waals surface area contributed by atoms with Gasteiger partial charge in [0.05, 0.1) is 10.7 Å². The van der Waals surface area contributed by atoms with Crippen molar-refractivity contribution in [2.24, 2.45) is 5.92 Å². The second-order valence-corrected chi connectivity index (χ2v) is 6.74. The molecule has 0 aliphatic heterocycles. The van der Waals surface area contributed by atoms with Crippen molar-refractivity contribution in [3.8, 4) is 0 Å². The van der Waals surface area contributed by atoms with Gasteiger partial charge in [0.1, 0.15) is 0 Å². The lowest BCUT2D eigenvalue weighted by molar-refractivity contribution is 0.686. The molecule has 0 unspecified atom stereocenters. The maximum absolute atomic E-state index is 6.53. The third-order valence-electron chi connectivity index (χ3n) is 4.19. The van der Waals surface area contributed by atoms with E-state index in [1.165, 1.54) is 49.9 Å². The van der Waals surface area contributed by atoms with Crippen molar-refractivity contribution >= 4 is 17.3 Å². The Morgan fingerprint density at radius 2 is 2.05 bits per heavy atom. The Morgan fingerprint density at radius 1 is 1.25 bits per heavy atom. The number of hydrogen-bond acceptors (Lipinski definition) is 2. The number of anilines is 1. The van der Waals surface area contributed by atoms with Gasteiger partial charge in [-0.05, 0) is 55.7 Å². The van der Waals surface area contributed by atoms with E-state index in [1.807, 2.05) is 0 Å². The van der Waals surface area contributed by atoms with Gasteiger partial charge in [-0.15, -0.1) is 0 Å². The van der Waals surface area contributed by atoms with Crippen LogP contribution in [0.2, 0.25) is 5.02 Å². The van der Waals surface area contributed by atoms with Crippen LogP contribution in [0.15, 0.2) is 18.2 Å². The van der Waals surface area contributed by atoms with E-state index in [4.69, 9.17) is 11.6 Å². The number of rotatable bonds is 8. The van der Waals surface area contributed by atoms with Gasteiger partial charge in [-0.25, -0.2) is 0 Å². The fourth-order valence-electron chi connectivity index (χ4n) is 2.66. The zero-order chi connectivity index (χ0) is 13.9. The van der Waals surface area contributed by atoms with Gasteiger partial charge >= 0.3 is 0 Å².